The van der Waals surface area contributed by atoms with E-state index in [-0.39, 0.29) is 5.91 Å². The van der Waals surface area contributed by atoms with Gasteiger partial charge < -0.3 is 15.4 Å². The normalized spacial score (nSPS) is 10.7. The second kappa shape index (κ2) is 7.57. The summed E-state index contributed by atoms with van der Waals surface area (Å²) < 4.78 is 5.38. The summed E-state index contributed by atoms with van der Waals surface area (Å²) in [7, 11) is 3.46. The molecule has 1 heterocycles. The Balaban J connectivity index is 2.11. The van der Waals surface area contributed by atoms with E-state index >= 15 is 0 Å². The van der Waals surface area contributed by atoms with Crippen LogP contribution in [0.1, 0.15) is 32.2 Å². The number of nitrogens with two attached hydrogens (primary N) is 1. The molecule has 0 fully saturated rings. The molecule has 0 bridgehead atoms. The van der Waals surface area contributed by atoms with Gasteiger partial charge in [0.05, 0.1) is 12.1 Å². The van der Waals surface area contributed by atoms with E-state index in [1.807, 2.05) is 13.8 Å². The van der Waals surface area contributed by atoms with Crippen LogP contribution >= 0.6 is 11.3 Å². The van der Waals surface area contributed by atoms with Gasteiger partial charge in [0.1, 0.15) is 11.4 Å². The van der Waals surface area contributed by atoms with Crippen molar-refractivity contribution < 1.29 is 9.53 Å². The van der Waals surface area contributed by atoms with E-state index in [2.05, 4.69) is 17.1 Å². The van der Waals surface area contributed by atoms with Crippen LogP contribution in [0.5, 0.6) is 5.75 Å². The lowest BCUT2D eigenvalue weighted by atomic mass is 10.1. The van der Waals surface area contributed by atoms with E-state index in [0.29, 0.717) is 25.2 Å². The molecule has 0 spiro atoms. The zero-order valence-corrected chi connectivity index (χ0v) is 14.9. The van der Waals surface area contributed by atoms with Gasteiger partial charge in [-0.15, -0.1) is 11.3 Å². The molecule has 0 aliphatic rings. The summed E-state index contributed by atoms with van der Waals surface area (Å²) in [5.41, 5.74) is 9.23. The summed E-state index contributed by atoms with van der Waals surface area (Å²) in [6.07, 6.45) is 0.707. The van der Waals surface area contributed by atoms with E-state index in [1.165, 1.54) is 11.3 Å². The van der Waals surface area contributed by atoms with E-state index < -0.39 is 0 Å². The molecule has 0 aliphatic carbocycles. The minimum Gasteiger partial charge on any atom is -0.496 e. The van der Waals surface area contributed by atoms with Crippen molar-refractivity contribution in [1.82, 2.24) is 9.88 Å². The van der Waals surface area contributed by atoms with Crippen LogP contribution in [0.3, 0.4) is 0 Å². The first-order valence-electron chi connectivity index (χ1n) is 7.50. The van der Waals surface area contributed by atoms with E-state index in [9.17, 15) is 4.79 Å². The van der Waals surface area contributed by atoms with Crippen molar-refractivity contribution in [2.45, 2.75) is 26.8 Å². The minimum absolute atomic E-state index is 0.0735. The molecule has 6 heteroatoms. The van der Waals surface area contributed by atoms with Crippen LogP contribution < -0.4 is 10.5 Å². The highest BCUT2D eigenvalue weighted by atomic mass is 32.1. The van der Waals surface area contributed by atoms with Crippen molar-refractivity contribution >= 4 is 17.2 Å². The first-order valence-corrected chi connectivity index (χ1v) is 8.38. The topological polar surface area (TPSA) is 68.5 Å². The zero-order chi connectivity index (χ0) is 17.0. The van der Waals surface area contributed by atoms with Crippen molar-refractivity contribution in [3.63, 3.8) is 0 Å². The van der Waals surface area contributed by atoms with Crippen LogP contribution in [0.2, 0.25) is 0 Å². The Bertz CT molecular complexity index is 674. The molecule has 0 unspecified atom stereocenters. The predicted molar refractivity (Wildman–Crippen MR) is 93.1 cm³/mol. The van der Waals surface area contributed by atoms with Crippen molar-refractivity contribution in [3.8, 4) is 5.75 Å². The first kappa shape index (κ1) is 17.4. The largest absolute Gasteiger partial charge is 0.496 e. The fraction of sp³-hybridized carbons (Fsp3) is 0.412. The third-order valence-electron chi connectivity index (χ3n) is 3.62. The smallest absolute Gasteiger partial charge is 0.273 e. The lowest BCUT2D eigenvalue weighted by Gasteiger charge is -2.18. The Labute approximate surface area is 141 Å². The van der Waals surface area contributed by atoms with Gasteiger partial charge in [0, 0.05) is 25.4 Å². The van der Waals surface area contributed by atoms with Crippen molar-refractivity contribution in [2.24, 2.45) is 5.73 Å². The quantitative estimate of drug-likeness (QED) is 0.882. The Morgan fingerprint density at radius 2 is 2.00 bits per heavy atom. The van der Waals surface area contributed by atoms with Crippen LogP contribution in [0.15, 0.2) is 17.5 Å². The highest BCUT2D eigenvalue weighted by Crippen LogP contribution is 2.25. The van der Waals surface area contributed by atoms with Gasteiger partial charge in [0.15, 0.2) is 0 Å². The van der Waals surface area contributed by atoms with Gasteiger partial charge in [-0.1, -0.05) is 12.1 Å². The highest BCUT2D eigenvalue weighted by Gasteiger charge is 2.16. The monoisotopic (exact) mass is 333 g/mol. The zero-order valence-electron chi connectivity index (χ0n) is 14.0. The van der Waals surface area contributed by atoms with Crippen LogP contribution in [0, 0.1) is 13.8 Å². The molecule has 5 nitrogen and oxygen atoms in total. The second-order valence-corrected chi connectivity index (χ2v) is 6.53. The number of nitrogens with zero attached hydrogens (tertiary/aromatic N) is 2. The number of methoxy groups -OCH3 is 1. The number of ether oxygens (including phenoxy) is 1. The number of amides is 1. The Morgan fingerprint density at radius 1 is 1.35 bits per heavy atom. The second-order valence-electron chi connectivity index (χ2n) is 5.59. The SMILES string of the molecule is COc1c(C)cc(CN(C)C(=O)c2csc(CCN)n2)cc1C. The molecule has 1 aromatic carbocycles. The summed E-state index contributed by atoms with van der Waals surface area (Å²) in [5.74, 6) is 0.823. The molecule has 0 atom stereocenters. The van der Waals surface area contributed by atoms with Crippen LogP contribution in [0.25, 0.3) is 0 Å². The molecule has 23 heavy (non-hydrogen) atoms. The number of aryl methyl sites for hydroxylation is 2. The molecule has 0 saturated carbocycles. The number of rotatable bonds is 6. The molecule has 2 aromatic rings. The number of carbonyl (C=O) groups excluding carboxylic acids is 1. The standard InChI is InChI=1S/C17H23N3O2S/c1-11-7-13(8-12(2)16(11)22-4)9-20(3)17(21)14-10-23-15(19-14)5-6-18/h7-8,10H,5-6,9,18H2,1-4H3. The van der Waals surface area contributed by atoms with Gasteiger partial charge in [-0.3, -0.25) is 4.79 Å². The average molecular weight is 333 g/mol. The summed E-state index contributed by atoms with van der Waals surface area (Å²) in [5, 5.41) is 2.70. The van der Waals surface area contributed by atoms with Gasteiger partial charge in [-0.05, 0) is 37.1 Å². The molecule has 2 N–H and O–H groups in total. The summed E-state index contributed by atoms with van der Waals surface area (Å²) in [6, 6.07) is 4.10. The van der Waals surface area contributed by atoms with Crippen molar-refractivity contribution in [3.05, 3.63) is 44.9 Å². The maximum absolute atomic E-state index is 12.5. The van der Waals surface area contributed by atoms with Crippen LogP contribution in [-0.4, -0.2) is 36.5 Å². The fourth-order valence-electron chi connectivity index (χ4n) is 2.64. The van der Waals surface area contributed by atoms with E-state index in [4.69, 9.17) is 10.5 Å². The summed E-state index contributed by atoms with van der Waals surface area (Å²) >= 11 is 1.48. The van der Waals surface area contributed by atoms with Gasteiger partial charge in [-0.2, -0.15) is 0 Å². The molecule has 1 amide bonds. The van der Waals surface area contributed by atoms with Crippen molar-refractivity contribution in [2.75, 3.05) is 20.7 Å². The minimum atomic E-state index is -0.0735. The predicted octanol–water partition coefficient (Wildman–Crippen LogP) is 2.54. The molecule has 1 aromatic heterocycles. The molecule has 0 aliphatic heterocycles. The fourth-order valence-corrected chi connectivity index (χ4v) is 3.43. The molecule has 0 radical (unpaired) electrons. The van der Waals surface area contributed by atoms with Crippen LogP contribution in [0.4, 0.5) is 0 Å². The number of hydrogen-bond acceptors (Lipinski definition) is 5. The number of benzene rings is 1. The van der Waals surface area contributed by atoms with Gasteiger partial charge >= 0.3 is 0 Å². The maximum atomic E-state index is 12.5. The molecular weight excluding hydrogens is 310 g/mol. The number of carbonyl (C=O) groups is 1. The van der Waals surface area contributed by atoms with Gasteiger partial charge in [-0.25, -0.2) is 4.98 Å². The third kappa shape index (κ3) is 4.09. The molecular formula is C17H23N3O2S. The highest BCUT2D eigenvalue weighted by molar-refractivity contribution is 7.09. The number of thiazole rings is 1. The van der Waals surface area contributed by atoms with Crippen LogP contribution in [-0.2, 0) is 13.0 Å². The lowest BCUT2D eigenvalue weighted by Crippen LogP contribution is -2.26. The molecule has 0 saturated heterocycles. The average Bonchev–Trinajstić information content (AvgIpc) is 2.95. The van der Waals surface area contributed by atoms with E-state index in [1.54, 1.807) is 24.4 Å². The maximum Gasteiger partial charge on any atom is 0.273 e. The van der Waals surface area contributed by atoms with Crippen molar-refractivity contribution in [1.29, 1.82) is 0 Å². The lowest BCUT2D eigenvalue weighted by molar-refractivity contribution is 0.0780. The first-order chi connectivity index (χ1) is 11.0. The Kier molecular flexibility index (Phi) is 5.74. The Morgan fingerprint density at radius 3 is 2.57 bits per heavy atom. The molecule has 2 rings (SSSR count). The van der Waals surface area contributed by atoms with Gasteiger partial charge in [0.25, 0.3) is 5.91 Å². The molecule has 124 valence electrons. The summed E-state index contributed by atoms with van der Waals surface area (Å²) in [4.78, 5) is 18.5. The van der Waals surface area contributed by atoms with Gasteiger partial charge in [0.2, 0.25) is 0 Å². The third-order valence-corrected chi connectivity index (χ3v) is 4.53. The van der Waals surface area contributed by atoms with E-state index in [0.717, 1.165) is 27.4 Å². The summed E-state index contributed by atoms with van der Waals surface area (Å²) in [6.45, 7) is 5.10. The number of aromatic nitrogens is 1. The Hall–Kier alpha value is -1.92. The number of hydrogen-bond donors (Lipinski definition) is 1.